The van der Waals surface area contributed by atoms with Gasteiger partial charge in [0.25, 0.3) is 0 Å². The maximum absolute atomic E-state index is 5.51. The van der Waals surface area contributed by atoms with Crippen LogP contribution in [0, 0.1) is 6.92 Å². The number of fused-ring (bicyclic) bond motifs is 1. The van der Waals surface area contributed by atoms with Crippen LogP contribution in [0.5, 0.6) is 0 Å². The van der Waals surface area contributed by atoms with Crippen LogP contribution < -0.4 is 4.90 Å². The van der Waals surface area contributed by atoms with E-state index in [1.807, 2.05) is 29.9 Å². The first-order chi connectivity index (χ1) is 15.7. The van der Waals surface area contributed by atoms with Gasteiger partial charge in [-0.25, -0.2) is 9.50 Å². The van der Waals surface area contributed by atoms with E-state index in [2.05, 4.69) is 45.3 Å². The second-order valence-corrected chi connectivity index (χ2v) is 8.52. The number of pyridine rings is 1. The highest BCUT2D eigenvalue weighted by molar-refractivity contribution is 5.86. The number of piperidine rings is 1. The van der Waals surface area contributed by atoms with Gasteiger partial charge >= 0.3 is 0 Å². The molecule has 0 aromatic carbocycles. The van der Waals surface area contributed by atoms with Gasteiger partial charge in [-0.05, 0) is 37.5 Å². The van der Waals surface area contributed by atoms with Crippen molar-refractivity contribution >= 4 is 23.5 Å². The van der Waals surface area contributed by atoms with Crippen molar-refractivity contribution in [2.75, 3.05) is 44.3 Å². The third-order valence-electron chi connectivity index (χ3n) is 6.64. The Bertz CT molecular complexity index is 1140. The van der Waals surface area contributed by atoms with E-state index in [4.69, 9.17) is 9.72 Å². The minimum Gasteiger partial charge on any atom is -0.379 e. The number of hydrogen-bond donors (Lipinski definition) is 0. The standard InChI is InChI=1S/C25H30N6O/c1-4-21-22(14-18(3)28-24(21)5-2)23-16-27-31-17-20(15-26-25(23)31)29-8-6-19(7-9-29)30-10-12-32-13-11-30/h4-5,14-17,19H,1-2,6-13H2,3H3. The summed E-state index contributed by atoms with van der Waals surface area (Å²) < 4.78 is 7.39. The highest BCUT2D eigenvalue weighted by atomic mass is 16.5. The van der Waals surface area contributed by atoms with Crippen LogP contribution in [0.3, 0.4) is 0 Å². The summed E-state index contributed by atoms with van der Waals surface area (Å²) in [5.41, 5.74) is 6.68. The molecule has 0 radical (unpaired) electrons. The van der Waals surface area contributed by atoms with Crippen LogP contribution in [-0.4, -0.2) is 69.9 Å². The van der Waals surface area contributed by atoms with E-state index in [1.54, 1.807) is 6.08 Å². The number of aromatic nitrogens is 4. The van der Waals surface area contributed by atoms with Gasteiger partial charge in [-0.3, -0.25) is 9.88 Å². The maximum atomic E-state index is 5.51. The molecule has 0 aliphatic carbocycles. The van der Waals surface area contributed by atoms with Gasteiger partial charge in [0.15, 0.2) is 5.65 Å². The highest BCUT2D eigenvalue weighted by Gasteiger charge is 2.26. The molecule has 0 atom stereocenters. The molecule has 32 heavy (non-hydrogen) atoms. The fraction of sp³-hybridized carbons (Fsp3) is 0.400. The largest absolute Gasteiger partial charge is 0.379 e. The van der Waals surface area contributed by atoms with Crippen LogP contribution in [-0.2, 0) is 4.74 Å². The van der Waals surface area contributed by atoms with Gasteiger partial charge in [-0.2, -0.15) is 5.10 Å². The first-order valence-electron chi connectivity index (χ1n) is 11.3. The third kappa shape index (κ3) is 3.82. The molecule has 0 amide bonds. The van der Waals surface area contributed by atoms with Gasteiger partial charge in [-0.1, -0.05) is 19.2 Å². The number of aryl methyl sites for hydroxylation is 1. The van der Waals surface area contributed by atoms with E-state index in [1.165, 1.54) is 12.8 Å². The van der Waals surface area contributed by atoms with Crippen molar-refractivity contribution in [3.63, 3.8) is 0 Å². The summed E-state index contributed by atoms with van der Waals surface area (Å²) in [7, 11) is 0. The highest BCUT2D eigenvalue weighted by Crippen LogP contribution is 2.31. The van der Waals surface area contributed by atoms with Gasteiger partial charge in [0.2, 0.25) is 0 Å². The van der Waals surface area contributed by atoms with Crippen LogP contribution >= 0.6 is 0 Å². The molecule has 7 heteroatoms. The van der Waals surface area contributed by atoms with Crippen LogP contribution in [0.1, 0.15) is 29.8 Å². The van der Waals surface area contributed by atoms with Crippen molar-refractivity contribution < 1.29 is 4.74 Å². The first-order valence-corrected chi connectivity index (χ1v) is 11.3. The van der Waals surface area contributed by atoms with Gasteiger partial charge in [0, 0.05) is 49.0 Å². The van der Waals surface area contributed by atoms with Crippen molar-refractivity contribution in [2.24, 2.45) is 0 Å². The minimum absolute atomic E-state index is 0.662. The minimum atomic E-state index is 0.662. The second kappa shape index (κ2) is 8.84. The molecule has 0 N–H and O–H groups in total. The lowest BCUT2D eigenvalue weighted by atomic mass is 9.99. The zero-order valence-electron chi connectivity index (χ0n) is 18.7. The molecule has 7 nitrogen and oxygen atoms in total. The van der Waals surface area contributed by atoms with Gasteiger partial charge in [0.1, 0.15) is 0 Å². The van der Waals surface area contributed by atoms with Crippen molar-refractivity contribution in [1.82, 2.24) is 24.5 Å². The normalized spacial score (nSPS) is 18.2. The first kappa shape index (κ1) is 20.8. The van der Waals surface area contributed by atoms with Crippen molar-refractivity contribution in [2.45, 2.75) is 25.8 Å². The monoisotopic (exact) mass is 430 g/mol. The van der Waals surface area contributed by atoms with Crippen LogP contribution in [0.2, 0.25) is 0 Å². The molecule has 2 aliphatic heterocycles. The van der Waals surface area contributed by atoms with Crippen molar-refractivity contribution in [3.8, 4) is 11.1 Å². The average Bonchev–Trinajstić information content (AvgIpc) is 3.27. The van der Waals surface area contributed by atoms with Crippen molar-refractivity contribution in [3.05, 3.63) is 54.8 Å². The second-order valence-electron chi connectivity index (χ2n) is 8.52. The van der Waals surface area contributed by atoms with Gasteiger partial charge in [-0.15, -0.1) is 0 Å². The van der Waals surface area contributed by atoms with Crippen LogP contribution in [0.4, 0.5) is 5.69 Å². The molecule has 5 heterocycles. The number of morpholine rings is 1. The Balaban J connectivity index is 1.39. The average molecular weight is 431 g/mol. The molecule has 3 aromatic heterocycles. The molecule has 0 bridgehead atoms. The summed E-state index contributed by atoms with van der Waals surface area (Å²) in [5, 5.41) is 4.62. The Kier molecular flexibility index (Phi) is 5.76. The Morgan fingerprint density at radius 3 is 2.53 bits per heavy atom. The van der Waals surface area contributed by atoms with E-state index in [9.17, 15) is 0 Å². The molecular formula is C25H30N6O. The molecule has 166 valence electrons. The molecule has 0 saturated carbocycles. The molecule has 2 fully saturated rings. The molecule has 3 aromatic rings. The maximum Gasteiger partial charge on any atom is 0.162 e. The Morgan fingerprint density at radius 1 is 1.03 bits per heavy atom. The van der Waals surface area contributed by atoms with Crippen LogP contribution in [0.15, 0.2) is 37.8 Å². The number of ether oxygens (including phenoxy) is 1. The lowest BCUT2D eigenvalue weighted by Gasteiger charge is -2.40. The summed E-state index contributed by atoms with van der Waals surface area (Å²) in [6.45, 7) is 15.8. The Morgan fingerprint density at radius 2 is 1.81 bits per heavy atom. The smallest absolute Gasteiger partial charge is 0.162 e. The quantitative estimate of drug-likeness (QED) is 0.615. The molecule has 5 rings (SSSR count). The fourth-order valence-electron chi connectivity index (χ4n) is 4.95. The lowest BCUT2D eigenvalue weighted by Crippen LogP contribution is -2.49. The zero-order valence-corrected chi connectivity index (χ0v) is 18.7. The zero-order chi connectivity index (χ0) is 22.1. The Labute approximate surface area is 189 Å². The summed E-state index contributed by atoms with van der Waals surface area (Å²) in [6.07, 6.45) is 11.9. The Hall–Kier alpha value is -3.03. The van der Waals surface area contributed by atoms with E-state index < -0.39 is 0 Å². The van der Waals surface area contributed by atoms with E-state index in [0.717, 1.165) is 78.8 Å². The van der Waals surface area contributed by atoms with E-state index in [0.29, 0.717) is 6.04 Å². The predicted molar refractivity (Wildman–Crippen MR) is 129 cm³/mol. The number of nitrogens with zero attached hydrogens (tertiary/aromatic N) is 6. The lowest BCUT2D eigenvalue weighted by molar-refractivity contribution is 0.0115. The number of hydrogen-bond acceptors (Lipinski definition) is 6. The molecule has 2 aliphatic rings. The summed E-state index contributed by atoms with van der Waals surface area (Å²) in [6, 6.07) is 2.72. The van der Waals surface area contributed by atoms with Gasteiger partial charge < -0.3 is 9.64 Å². The predicted octanol–water partition coefficient (Wildman–Crippen LogP) is 3.69. The van der Waals surface area contributed by atoms with Gasteiger partial charge in [0.05, 0.1) is 43.2 Å². The van der Waals surface area contributed by atoms with Crippen molar-refractivity contribution in [1.29, 1.82) is 0 Å². The molecule has 0 unspecified atom stereocenters. The van der Waals surface area contributed by atoms with E-state index >= 15 is 0 Å². The number of rotatable bonds is 5. The fourth-order valence-corrected chi connectivity index (χ4v) is 4.95. The number of anilines is 1. The van der Waals surface area contributed by atoms with E-state index in [-0.39, 0.29) is 0 Å². The SMILES string of the molecule is C=Cc1nc(C)cc(-c2cnn3cc(N4CCC(N5CCOCC5)CC4)cnc23)c1C=C. The third-order valence-corrected chi connectivity index (χ3v) is 6.64. The summed E-state index contributed by atoms with van der Waals surface area (Å²) in [5.74, 6) is 0. The summed E-state index contributed by atoms with van der Waals surface area (Å²) in [4.78, 5) is 14.4. The van der Waals surface area contributed by atoms with Crippen LogP contribution in [0.25, 0.3) is 28.9 Å². The molecule has 2 saturated heterocycles. The summed E-state index contributed by atoms with van der Waals surface area (Å²) >= 11 is 0. The molecule has 0 spiro atoms. The topological polar surface area (TPSA) is 58.8 Å². The molecular weight excluding hydrogens is 400 g/mol.